The maximum atomic E-state index is 11.0. The van der Waals surface area contributed by atoms with Crippen molar-refractivity contribution in [1.29, 1.82) is 0 Å². The van der Waals surface area contributed by atoms with E-state index in [-0.39, 0.29) is 5.97 Å². The number of rotatable bonds is 7. The topological polar surface area (TPSA) is 64.1 Å². The van der Waals surface area contributed by atoms with Crippen LogP contribution in [0.5, 0.6) is 0 Å². The zero-order valence-electron chi connectivity index (χ0n) is 11.5. The number of carbonyl (C=O) groups is 1. The lowest BCUT2D eigenvalue weighted by Gasteiger charge is -2.06. The first-order valence-electron chi connectivity index (χ1n) is 6.37. The van der Waals surface area contributed by atoms with Crippen LogP contribution in [0.15, 0.2) is 11.4 Å². The Kier molecular flexibility index (Phi) is 5.60. The van der Waals surface area contributed by atoms with Gasteiger partial charge in [0.15, 0.2) is 0 Å². The van der Waals surface area contributed by atoms with E-state index in [0.29, 0.717) is 12.2 Å². The van der Waals surface area contributed by atoms with E-state index in [1.54, 1.807) is 23.1 Å². The Morgan fingerprint density at radius 1 is 1.50 bits per heavy atom. The number of aromatic nitrogens is 2. The fraction of sp³-hybridized carbons (Fsp3) is 0.462. The molecule has 0 fully saturated rings. The van der Waals surface area contributed by atoms with E-state index < -0.39 is 0 Å². The highest BCUT2D eigenvalue weighted by Crippen LogP contribution is 2.26. The lowest BCUT2D eigenvalue weighted by Crippen LogP contribution is -2.04. The number of methoxy groups -OCH3 is 1. The lowest BCUT2D eigenvalue weighted by atomic mass is 10.3. The van der Waals surface area contributed by atoms with Gasteiger partial charge in [-0.1, -0.05) is 0 Å². The van der Waals surface area contributed by atoms with Crippen molar-refractivity contribution < 1.29 is 9.53 Å². The van der Waals surface area contributed by atoms with Crippen molar-refractivity contribution in [3.05, 3.63) is 17.3 Å². The van der Waals surface area contributed by atoms with E-state index in [1.165, 1.54) is 7.11 Å². The molecule has 0 saturated heterocycles. The molecule has 0 unspecified atom stereocenters. The molecule has 0 aromatic carbocycles. The summed E-state index contributed by atoms with van der Waals surface area (Å²) in [4.78, 5) is 21.1. The van der Waals surface area contributed by atoms with Crippen LogP contribution in [0.1, 0.15) is 19.2 Å². The molecule has 0 aliphatic heterocycles. The van der Waals surface area contributed by atoms with Gasteiger partial charge in [-0.05, 0) is 18.4 Å². The number of ether oxygens (including phenoxy) is 1. The highest BCUT2D eigenvalue weighted by Gasteiger charge is 2.08. The third-order valence-electron chi connectivity index (χ3n) is 2.62. The van der Waals surface area contributed by atoms with Crippen molar-refractivity contribution >= 4 is 45.1 Å². The molecule has 7 heteroatoms. The Balaban J connectivity index is 2.00. The summed E-state index contributed by atoms with van der Waals surface area (Å²) in [7, 11) is 1.41. The van der Waals surface area contributed by atoms with Gasteiger partial charge in [-0.2, -0.15) is 11.8 Å². The van der Waals surface area contributed by atoms with Crippen LogP contribution in [-0.4, -0.2) is 35.3 Å². The number of hydrogen-bond acceptors (Lipinski definition) is 7. The first-order valence-corrected chi connectivity index (χ1v) is 8.40. The van der Waals surface area contributed by atoms with E-state index in [4.69, 9.17) is 0 Å². The van der Waals surface area contributed by atoms with Crippen LogP contribution in [0.25, 0.3) is 10.2 Å². The highest BCUT2D eigenvalue weighted by molar-refractivity contribution is 7.98. The third-order valence-corrected chi connectivity index (χ3v) is 4.39. The van der Waals surface area contributed by atoms with Gasteiger partial charge in [0.25, 0.3) is 0 Å². The number of nitrogens with zero attached hydrogens (tertiary/aromatic N) is 2. The molecule has 5 nitrogen and oxygen atoms in total. The molecule has 2 aromatic heterocycles. The summed E-state index contributed by atoms with van der Waals surface area (Å²) in [6.07, 6.45) is 0.419. The Morgan fingerprint density at radius 3 is 3.10 bits per heavy atom. The minimum absolute atomic E-state index is 0.180. The van der Waals surface area contributed by atoms with Gasteiger partial charge in [-0.15, -0.1) is 11.3 Å². The van der Waals surface area contributed by atoms with Crippen LogP contribution >= 0.6 is 23.1 Å². The minimum Gasteiger partial charge on any atom is -0.469 e. The van der Waals surface area contributed by atoms with E-state index in [0.717, 1.165) is 34.2 Å². The lowest BCUT2D eigenvalue weighted by molar-refractivity contribution is -0.140. The van der Waals surface area contributed by atoms with Crippen LogP contribution in [0.4, 0.5) is 5.82 Å². The molecule has 0 spiro atoms. The Morgan fingerprint density at radius 2 is 2.35 bits per heavy atom. The standard InChI is InChI=1S/C13H17N3O2S2/c1-3-14-12-9-4-7-20-13(9)16-10(15-12)8-19-6-5-11(17)18-2/h4,7H,3,5-6,8H2,1-2H3,(H,14,15,16). The van der Waals surface area contributed by atoms with Crippen molar-refractivity contribution in [3.63, 3.8) is 0 Å². The van der Waals surface area contributed by atoms with Gasteiger partial charge in [0, 0.05) is 12.3 Å². The molecule has 0 aliphatic carbocycles. The maximum absolute atomic E-state index is 11.0. The largest absolute Gasteiger partial charge is 0.469 e. The van der Waals surface area contributed by atoms with Crippen molar-refractivity contribution in [2.45, 2.75) is 19.1 Å². The number of thiophene rings is 1. The SMILES string of the molecule is CCNc1nc(CSCCC(=O)OC)nc2sccc12. The van der Waals surface area contributed by atoms with Crippen molar-refractivity contribution in [2.24, 2.45) is 0 Å². The van der Waals surface area contributed by atoms with Crippen LogP contribution in [-0.2, 0) is 15.3 Å². The van der Waals surface area contributed by atoms with Gasteiger partial charge in [0.2, 0.25) is 0 Å². The number of fused-ring (bicyclic) bond motifs is 1. The van der Waals surface area contributed by atoms with Gasteiger partial charge in [0.05, 0.1) is 24.7 Å². The Bertz CT molecular complexity index is 586. The molecule has 1 N–H and O–H groups in total. The summed E-state index contributed by atoms with van der Waals surface area (Å²) >= 11 is 3.25. The van der Waals surface area contributed by atoms with Crippen LogP contribution < -0.4 is 5.32 Å². The molecule has 0 amide bonds. The predicted molar refractivity (Wildman–Crippen MR) is 84.4 cm³/mol. The maximum Gasteiger partial charge on any atom is 0.306 e. The molecule has 0 bridgehead atoms. The molecule has 2 rings (SSSR count). The summed E-state index contributed by atoms with van der Waals surface area (Å²) in [5.74, 6) is 2.92. The molecule has 0 saturated carbocycles. The summed E-state index contributed by atoms with van der Waals surface area (Å²) in [5, 5.41) is 6.36. The first kappa shape index (κ1) is 15.1. The molecule has 0 aliphatic rings. The molecule has 108 valence electrons. The number of anilines is 1. The normalized spacial score (nSPS) is 10.7. The average Bonchev–Trinajstić information content (AvgIpc) is 2.92. The van der Waals surface area contributed by atoms with Gasteiger partial charge >= 0.3 is 5.97 Å². The Labute approximate surface area is 126 Å². The minimum atomic E-state index is -0.180. The smallest absolute Gasteiger partial charge is 0.306 e. The summed E-state index contributed by atoms with van der Waals surface area (Å²) < 4.78 is 4.61. The van der Waals surface area contributed by atoms with Gasteiger partial charge in [-0.25, -0.2) is 9.97 Å². The molecular weight excluding hydrogens is 294 g/mol. The number of thioether (sulfide) groups is 1. The number of carbonyl (C=O) groups excluding carboxylic acids is 1. The molecule has 2 aromatic rings. The van der Waals surface area contributed by atoms with Crippen molar-refractivity contribution in [3.8, 4) is 0 Å². The van der Waals surface area contributed by atoms with Gasteiger partial charge < -0.3 is 10.1 Å². The van der Waals surface area contributed by atoms with E-state index in [2.05, 4.69) is 20.0 Å². The summed E-state index contributed by atoms with van der Waals surface area (Å²) in [5.41, 5.74) is 0. The molecule has 20 heavy (non-hydrogen) atoms. The summed E-state index contributed by atoms with van der Waals surface area (Å²) in [6, 6.07) is 2.03. The number of nitrogens with one attached hydrogen (secondary N) is 1. The second-order valence-corrected chi connectivity index (χ2v) is 6.04. The van der Waals surface area contributed by atoms with Crippen molar-refractivity contribution in [2.75, 3.05) is 24.7 Å². The Hall–Kier alpha value is -1.34. The predicted octanol–water partition coefficient (Wildman–Crippen LogP) is 2.92. The van der Waals surface area contributed by atoms with Crippen LogP contribution in [0, 0.1) is 0 Å². The number of esters is 1. The second kappa shape index (κ2) is 7.44. The zero-order chi connectivity index (χ0) is 14.4. The monoisotopic (exact) mass is 311 g/mol. The van der Waals surface area contributed by atoms with Crippen LogP contribution in [0.2, 0.25) is 0 Å². The molecular formula is C13H17N3O2S2. The number of hydrogen-bond donors (Lipinski definition) is 1. The van der Waals surface area contributed by atoms with E-state index >= 15 is 0 Å². The third kappa shape index (κ3) is 3.83. The van der Waals surface area contributed by atoms with Gasteiger partial charge in [0.1, 0.15) is 16.5 Å². The summed E-state index contributed by atoms with van der Waals surface area (Å²) in [6.45, 7) is 2.88. The first-order chi connectivity index (χ1) is 9.74. The zero-order valence-corrected chi connectivity index (χ0v) is 13.1. The highest BCUT2D eigenvalue weighted by atomic mass is 32.2. The van der Waals surface area contributed by atoms with Gasteiger partial charge in [-0.3, -0.25) is 4.79 Å². The fourth-order valence-corrected chi connectivity index (χ4v) is 3.24. The van der Waals surface area contributed by atoms with Crippen molar-refractivity contribution in [1.82, 2.24) is 9.97 Å². The molecule has 0 radical (unpaired) electrons. The van der Waals surface area contributed by atoms with E-state index in [1.807, 2.05) is 18.4 Å². The van der Waals surface area contributed by atoms with E-state index in [9.17, 15) is 4.79 Å². The average molecular weight is 311 g/mol. The van der Waals surface area contributed by atoms with Crippen LogP contribution in [0.3, 0.4) is 0 Å². The molecule has 0 atom stereocenters. The molecule has 2 heterocycles. The quantitative estimate of drug-likeness (QED) is 0.626. The fourth-order valence-electron chi connectivity index (χ4n) is 1.69. The second-order valence-electron chi connectivity index (χ2n) is 4.04.